The van der Waals surface area contributed by atoms with Gasteiger partial charge in [-0.3, -0.25) is 4.68 Å². The van der Waals surface area contributed by atoms with Crippen molar-refractivity contribution < 1.29 is 0 Å². The molecule has 0 amide bonds. The van der Waals surface area contributed by atoms with Crippen molar-refractivity contribution in [3.63, 3.8) is 0 Å². The van der Waals surface area contributed by atoms with Crippen molar-refractivity contribution >= 4 is 0 Å². The molecule has 1 aromatic heterocycles. The fraction of sp³-hybridized carbons (Fsp3) is 0.667. The maximum absolute atomic E-state index is 5.72. The second kappa shape index (κ2) is 2.90. The van der Waals surface area contributed by atoms with Gasteiger partial charge in [-0.1, -0.05) is 0 Å². The molecule has 0 aliphatic carbocycles. The van der Waals surface area contributed by atoms with Crippen LogP contribution in [0, 0.1) is 0 Å². The topological polar surface area (TPSA) is 43.8 Å². The molecule has 0 radical (unpaired) electrons. The maximum atomic E-state index is 5.72. The quantitative estimate of drug-likeness (QED) is 0.691. The highest BCUT2D eigenvalue weighted by Crippen LogP contribution is 2.15. The lowest BCUT2D eigenvalue weighted by Gasteiger charge is -2.18. The van der Waals surface area contributed by atoms with Crippen LogP contribution in [0.1, 0.15) is 39.3 Å². The third kappa shape index (κ3) is 1.85. The number of hydrogen-bond donors (Lipinski definition) is 1. The van der Waals surface area contributed by atoms with Crippen LogP contribution in [0.25, 0.3) is 0 Å². The largest absolute Gasteiger partial charge is 0.324 e. The van der Waals surface area contributed by atoms with E-state index in [1.54, 1.807) is 0 Å². The van der Waals surface area contributed by atoms with Crippen LogP contribution in [0.4, 0.5) is 0 Å². The van der Waals surface area contributed by atoms with Crippen LogP contribution >= 0.6 is 0 Å². The van der Waals surface area contributed by atoms with Gasteiger partial charge in [-0.05, 0) is 27.7 Å². The fourth-order valence-corrected chi connectivity index (χ4v) is 0.939. The first-order chi connectivity index (χ1) is 5.41. The highest BCUT2D eigenvalue weighted by Gasteiger charge is 2.14. The van der Waals surface area contributed by atoms with E-state index in [1.165, 1.54) is 0 Å². The molecule has 1 heterocycles. The zero-order chi connectivity index (χ0) is 9.35. The molecule has 0 saturated heterocycles. The molecule has 0 saturated carbocycles. The van der Waals surface area contributed by atoms with E-state index >= 15 is 0 Å². The minimum absolute atomic E-state index is 0.0488. The predicted molar refractivity (Wildman–Crippen MR) is 49.8 cm³/mol. The van der Waals surface area contributed by atoms with Gasteiger partial charge in [-0.15, -0.1) is 0 Å². The number of nitrogens with zero attached hydrogens (tertiary/aromatic N) is 2. The van der Waals surface area contributed by atoms with Gasteiger partial charge >= 0.3 is 0 Å². The average molecular weight is 167 g/mol. The Morgan fingerprint density at radius 1 is 1.50 bits per heavy atom. The first kappa shape index (κ1) is 9.26. The van der Waals surface area contributed by atoms with E-state index < -0.39 is 0 Å². The second-order valence-corrected chi connectivity index (χ2v) is 4.18. The van der Waals surface area contributed by atoms with Crippen LogP contribution in [0.15, 0.2) is 12.4 Å². The van der Waals surface area contributed by atoms with Crippen molar-refractivity contribution in [2.75, 3.05) is 0 Å². The third-order valence-electron chi connectivity index (χ3n) is 1.82. The van der Waals surface area contributed by atoms with Crippen LogP contribution in [0.5, 0.6) is 0 Å². The number of hydrogen-bond acceptors (Lipinski definition) is 2. The first-order valence-corrected chi connectivity index (χ1v) is 4.22. The first-order valence-electron chi connectivity index (χ1n) is 4.22. The van der Waals surface area contributed by atoms with Crippen molar-refractivity contribution in [1.82, 2.24) is 9.78 Å². The monoisotopic (exact) mass is 167 g/mol. The molecule has 1 atom stereocenters. The minimum Gasteiger partial charge on any atom is -0.324 e. The molecule has 3 heteroatoms. The standard InChI is InChI=1S/C9H17N3/c1-7(10)8-5-11-12(6-8)9(2,3)4/h5-7H,10H2,1-4H3/t7-/m1/s1. The zero-order valence-electron chi connectivity index (χ0n) is 8.20. The number of nitrogens with two attached hydrogens (primary N) is 1. The fourth-order valence-electron chi connectivity index (χ4n) is 0.939. The molecule has 1 aromatic rings. The Balaban J connectivity index is 2.92. The van der Waals surface area contributed by atoms with Gasteiger partial charge in [0.1, 0.15) is 0 Å². The van der Waals surface area contributed by atoms with Gasteiger partial charge in [-0.25, -0.2) is 0 Å². The molecule has 68 valence electrons. The van der Waals surface area contributed by atoms with Gasteiger partial charge in [0.15, 0.2) is 0 Å². The van der Waals surface area contributed by atoms with Gasteiger partial charge in [0.25, 0.3) is 0 Å². The predicted octanol–water partition coefficient (Wildman–Crippen LogP) is 1.66. The van der Waals surface area contributed by atoms with E-state index in [-0.39, 0.29) is 11.6 Å². The molecule has 0 aliphatic heterocycles. The molecule has 0 aromatic carbocycles. The number of rotatable bonds is 1. The van der Waals surface area contributed by atoms with Gasteiger partial charge in [0, 0.05) is 17.8 Å². The lowest BCUT2D eigenvalue weighted by Crippen LogP contribution is -2.22. The van der Waals surface area contributed by atoms with E-state index in [4.69, 9.17) is 5.73 Å². The Bertz CT molecular complexity index is 255. The van der Waals surface area contributed by atoms with Gasteiger partial charge in [0.05, 0.1) is 11.7 Å². The normalized spacial score (nSPS) is 14.8. The van der Waals surface area contributed by atoms with E-state index in [0.717, 1.165) is 5.56 Å². The molecule has 0 unspecified atom stereocenters. The number of aromatic nitrogens is 2. The Kier molecular flexibility index (Phi) is 2.24. The summed E-state index contributed by atoms with van der Waals surface area (Å²) in [5.41, 5.74) is 6.85. The molecular weight excluding hydrogens is 150 g/mol. The molecule has 0 bridgehead atoms. The molecule has 3 nitrogen and oxygen atoms in total. The van der Waals surface area contributed by atoms with Gasteiger partial charge in [0.2, 0.25) is 0 Å². The Morgan fingerprint density at radius 2 is 2.08 bits per heavy atom. The lowest BCUT2D eigenvalue weighted by molar-refractivity contribution is 0.355. The highest BCUT2D eigenvalue weighted by molar-refractivity contribution is 5.09. The van der Waals surface area contributed by atoms with E-state index in [9.17, 15) is 0 Å². The SMILES string of the molecule is C[C@@H](N)c1cnn(C(C)(C)C)c1. The zero-order valence-corrected chi connectivity index (χ0v) is 8.20. The van der Waals surface area contributed by atoms with Crippen LogP contribution in [-0.4, -0.2) is 9.78 Å². The Hall–Kier alpha value is -0.830. The van der Waals surface area contributed by atoms with Crippen molar-refractivity contribution in [1.29, 1.82) is 0 Å². The highest BCUT2D eigenvalue weighted by atomic mass is 15.3. The summed E-state index contributed by atoms with van der Waals surface area (Å²) in [6, 6.07) is 0.0705. The molecule has 0 fully saturated rings. The van der Waals surface area contributed by atoms with Crippen LogP contribution in [0.2, 0.25) is 0 Å². The summed E-state index contributed by atoms with van der Waals surface area (Å²) in [7, 11) is 0. The van der Waals surface area contributed by atoms with Gasteiger partial charge in [-0.2, -0.15) is 5.10 Å². The van der Waals surface area contributed by atoms with Crippen LogP contribution in [-0.2, 0) is 5.54 Å². The molecule has 12 heavy (non-hydrogen) atoms. The second-order valence-electron chi connectivity index (χ2n) is 4.18. The minimum atomic E-state index is 0.0488. The van der Waals surface area contributed by atoms with E-state index in [1.807, 2.05) is 24.0 Å². The Morgan fingerprint density at radius 3 is 2.33 bits per heavy atom. The summed E-state index contributed by atoms with van der Waals surface area (Å²) in [4.78, 5) is 0. The van der Waals surface area contributed by atoms with Crippen molar-refractivity contribution in [3.05, 3.63) is 18.0 Å². The summed E-state index contributed by atoms with van der Waals surface area (Å²) < 4.78 is 1.94. The van der Waals surface area contributed by atoms with E-state index in [0.29, 0.717) is 0 Å². The smallest absolute Gasteiger partial charge is 0.0543 e. The van der Waals surface area contributed by atoms with Crippen molar-refractivity contribution in [3.8, 4) is 0 Å². The van der Waals surface area contributed by atoms with Crippen molar-refractivity contribution in [2.24, 2.45) is 5.73 Å². The van der Waals surface area contributed by atoms with Gasteiger partial charge < -0.3 is 5.73 Å². The summed E-state index contributed by atoms with van der Waals surface area (Å²) in [5, 5.41) is 4.25. The summed E-state index contributed by atoms with van der Waals surface area (Å²) in [5.74, 6) is 0. The average Bonchev–Trinajstić information content (AvgIpc) is 2.30. The maximum Gasteiger partial charge on any atom is 0.0543 e. The lowest BCUT2D eigenvalue weighted by atomic mass is 10.1. The molecular formula is C9H17N3. The molecule has 1 rings (SSSR count). The van der Waals surface area contributed by atoms with Crippen LogP contribution in [0.3, 0.4) is 0 Å². The summed E-state index contributed by atoms with van der Waals surface area (Å²) >= 11 is 0. The Labute approximate surface area is 73.6 Å². The molecule has 0 spiro atoms. The van der Waals surface area contributed by atoms with Crippen molar-refractivity contribution in [2.45, 2.75) is 39.3 Å². The molecule has 0 aliphatic rings. The summed E-state index contributed by atoms with van der Waals surface area (Å²) in [6.07, 6.45) is 3.83. The summed E-state index contributed by atoms with van der Waals surface area (Å²) in [6.45, 7) is 8.31. The van der Waals surface area contributed by atoms with E-state index in [2.05, 4.69) is 25.9 Å². The van der Waals surface area contributed by atoms with Crippen LogP contribution < -0.4 is 5.73 Å². The molecule has 2 N–H and O–H groups in total. The third-order valence-corrected chi connectivity index (χ3v) is 1.82.